The number of ether oxygens (including phenoxy) is 2. The summed E-state index contributed by atoms with van der Waals surface area (Å²) >= 11 is 0. The highest BCUT2D eigenvalue weighted by molar-refractivity contribution is 7.90. The number of hydrogen-bond acceptors (Lipinski definition) is 7. The maximum absolute atomic E-state index is 13.2. The Bertz CT molecular complexity index is 1560. The number of hydrogen-bond donors (Lipinski definition) is 1. The van der Waals surface area contributed by atoms with Crippen LogP contribution >= 0.6 is 0 Å². The molecule has 8 nitrogen and oxygen atoms in total. The summed E-state index contributed by atoms with van der Waals surface area (Å²) in [6.07, 6.45) is 0. The fraction of sp³-hybridized carbons (Fsp3) is 0.179. The molecule has 0 bridgehead atoms. The lowest BCUT2D eigenvalue weighted by atomic mass is 10.1. The fourth-order valence-corrected chi connectivity index (χ4v) is 4.92. The Hall–Kier alpha value is -4.24. The summed E-state index contributed by atoms with van der Waals surface area (Å²) < 4.78 is 39.2. The minimum atomic E-state index is -4.22. The Morgan fingerprint density at radius 1 is 0.865 bits per heavy atom. The third kappa shape index (κ3) is 5.78. The zero-order valence-electron chi connectivity index (χ0n) is 21.2. The molecule has 0 fully saturated rings. The lowest BCUT2D eigenvalue weighted by Gasteiger charge is -2.16. The van der Waals surface area contributed by atoms with Gasteiger partial charge in [0.25, 0.3) is 15.9 Å². The summed E-state index contributed by atoms with van der Waals surface area (Å²) in [4.78, 5) is 21.9. The first kappa shape index (κ1) is 25.8. The molecule has 1 N–H and O–H groups in total. The topological polar surface area (TPSA) is 107 Å². The Labute approximate surface area is 216 Å². The molecule has 0 aliphatic carbocycles. The molecule has 9 heteroatoms. The monoisotopic (exact) mass is 517 g/mol. The van der Waals surface area contributed by atoms with Crippen molar-refractivity contribution in [3.8, 4) is 28.6 Å². The summed E-state index contributed by atoms with van der Waals surface area (Å²) in [5, 5.41) is -0.253. The molecule has 190 valence electrons. The van der Waals surface area contributed by atoms with Crippen molar-refractivity contribution in [1.29, 1.82) is 0 Å². The van der Waals surface area contributed by atoms with Crippen molar-refractivity contribution in [3.05, 3.63) is 94.7 Å². The zero-order valence-corrected chi connectivity index (χ0v) is 22.0. The fourth-order valence-electron chi connectivity index (χ4n) is 3.94. The van der Waals surface area contributed by atoms with Crippen molar-refractivity contribution in [1.82, 2.24) is 14.7 Å². The largest absolute Gasteiger partial charge is 0.497 e. The number of nitrogens with zero attached hydrogens (tertiary/aromatic N) is 2. The SMILES string of the molecule is COc1ccc(-c2ccc(C(=O)NS(=O)(=O)c3cccc(C)n3)c(Oc3c(C)cc(C)cc3C)n2)cc1. The number of pyridine rings is 2. The third-order valence-electron chi connectivity index (χ3n) is 5.66. The second-order valence-corrected chi connectivity index (χ2v) is 10.3. The molecule has 4 rings (SSSR count). The molecular formula is C28H27N3O5S. The van der Waals surface area contributed by atoms with Crippen molar-refractivity contribution < 1.29 is 22.7 Å². The molecule has 0 saturated carbocycles. The summed E-state index contributed by atoms with van der Waals surface area (Å²) in [5.74, 6) is 0.335. The van der Waals surface area contributed by atoms with E-state index in [0.717, 1.165) is 22.3 Å². The summed E-state index contributed by atoms with van der Waals surface area (Å²) in [7, 11) is -2.64. The maximum atomic E-state index is 13.2. The van der Waals surface area contributed by atoms with E-state index < -0.39 is 15.9 Å². The number of aryl methyl sites for hydroxylation is 4. The van der Waals surface area contributed by atoms with Crippen LogP contribution in [0.3, 0.4) is 0 Å². The Kier molecular flexibility index (Phi) is 7.26. The number of methoxy groups -OCH3 is 1. The number of rotatable bonds is 7. The van der Waals surface area contributed by atoms with Gasteiger partial charge in [0, 0.05) is 11.3 Å². The van der Waals surface area contributed by atoms with Gasteiger partial charge in [0.15, 0.2) is 5.03 Å². The van der Waals surface area contributed by atoms with Gasteiger partial charge in [-0.3, -0.25) is 4.79 Å². The molecule has 2 aromatic heterocycles. The normalized spacial score (nSPS) is 11.2. The average Bonchev–Trinajstić information content (AvgIpc) is 2.86. The molecule has 0 unspecified atom stereocenters. The third-order valence-corrected chi connectivity index (χ3v) is 6.89. The van der Waals surface area contributed by atoms with Gasteiger partial charge in [-0.25, -0.2) is 14.7 Å². The molecule has 2 heterocycles. The van der Waals surface area contributed by atoms with E-state index in [4.69, 9.17) is 9.47 Å². The van der Waals surface area contributed by atoms with Crippen LogP contribution in [0, 0.1) is 27.7 Å². The quantitative estimate of drug-likeness (QED) is 0.355. The first-order valence-electron chi connectivity index (χ1n) is 11.5. The van der Waals surface area contributed by atoms with Gasteiger partial charge in [-0.05, 0) is 87.4 Å². The van der Waals surface area contributed by atoms with Gasteiger partial charge in [0.2, 0.25) is 5.88 Å². The number of carbonyl (C=O) groups excluding carboxylic acids is 1. The lowest BCUT2D eigenvalue weighted by Crippen LogP contribution is -2.31. The molecule has 4 aromatic rings. The van der Waals surface area contributed by atoms with Crippen molar-refractivity contribution >= 4 is 15.9 Å². The zero-order chi connectivity index (χ0) is 26.7. The highest BCUT2D eigenvalue weighted by atomic mass is 32.2. The molecule has 0 aliphatic rings. The van der Waals surface area contributed by atoms with E-state index in [-0.39, 0.29) is 16.5 Å². The number of sulfonamides is 1. The molecule has 37 heavy (non-hydrogen) atoms. The standard InChI is InChI=1S/C28H27N3O5S/c1-17-15-18(2)26(19(3)16-17)36-28-23(13-14-24(30-28)21-9-11-22(35-5)12-10-21)27(32)31-37(33,34)25-8-6-7-20(4)29-25/h6-16H,1-5H3,(H,31,32). The molecular weight excluding hydrogens is 490 g/mol. The number of carbonyl (C=O) groups is 1. The van der Waals surface area contributed by atoms with Gasteiger partial charge < -0.3 is 9.47 Å². The predicted molar refractivity (Wildman–Crippen MR) is 141 cm³/mol. The van der Waals surface area contributed by atoms with E-state index in [9.17, 15) is 13.2 Å². The van der Waals surface area contributed by atoms with E-state index in [1.54, 1.807) is 44.4 Å². The molecule has 0 spiro atoms. The van der Waals surface area contributed by atoms with Crippen LogP contribution in [0.5, 0.6) is 17.4 Å². The minimum Gasteiger partial charge on any atom is -0.497 e. The van der Waals surface area contributed by atoms with Crippen LogP contribution in [-0.2, 0) is 10.0 Å². The summed E-state index contributed by atoms with van der Waals surface area (Å²) in [5.41, 5.74) is 4.57. The second kappa shape index (κ2) is 10.4. The summed E-state index contributed by atoms with van der Waals surface area (Å²) in [6, 6.07) is 18.9. The van der Waals surface area contributed by atoms with Crippen LogP contribution in [0.4, 0.5) is 0 Å². The first-order chi connectivity index (χ1) is 17.6. The maximum Gasteiger partial charge on any atom is 0.281 e. The summed E-state index contributed by atoms with van der Waals surface area (Å²) in [6.45, 7) is 7.45. The van der Waals surface area contributed by atoms with Crippen molar-refractivity contribution in [2.24, 2.45) is 0 Å². The van der Waals surface area contributed by atoms with Crippen LogP contribution in [0.25, 0.3) is 11.3 Å². The number of amides is 1. The van der Waals surface area contributed by atoms with Crippen LogP contribution in [0.1, 0.15) is 32.7 Å². The molecule has 1 amide bonds. The number of aromatic nitrogens is 2. The Morgan fingerprint density at radius 2 is 1.54 bits per heavy atom. The van der Waals surface area contributed by atoms with Crippen molar-refractivity contribution in [3.63, 3.8) is 0 Å². The Morgan fingerprint density at radius 3 is 2.16 bits per heavy atom. The highest BCUT2D eigenvalue weighted by Gasteiger charge is 2.24. The van der Waals surface area contributed by atoms with Crippen LogP contribution < -0.4 is 14.2 Å². The van der Waals surface area contributed by atoms with Gasteiger partial charge in [-0.15, -0.1) is 0 Å². The first-order valence-corrected chi connectivity index (χ1v) is 13.0. The van der Waals surface area contributed by atoms with Crippen LogP contribution in [-0.4, -0.2) is 31.4 Å². The van der Waals surface area contributed by atoms with Gasteiger partial charge in [-0.1, -0.05) is 23.8 Å². The Balaban J connectivity index is 1.77. The smallest absolute Gasteiger partial charge is 0.281 e. The van der Waals surface area contributed by atoms with Crippen LogP contribution in [0.15, 0.2) is 71.8 Å². The molecule has 0 aliphatic heterocycles. The average molecular weight is 518 g/mol. The number of nitrogens with one attached hydrogen (secondary N) is 1. The van der Waals surface area contributed by atoms with E-state index in [1.807, 2.05) is 45.0 Å². The van der Waals surface area contributed by atoms with E-state index in [2.05, 4.69) is 14.7 Å². The van der Waals surface area contributed by atoms with E-state index >= 15 is 0 Å². The molecule has 2 aromatic carbocycles. The predicted octanol–water partition coefficient (Wildman–Crippen LogP) is 5.30. The van der Waals surface area contributed by atoms with Gasteiger partial charge >= 0.3 is 0 Å². The minimum absolute atomic E-state index is 0.0201. The van der Waals surface area contributed by atoms with E-state index in [1.165, 1.54) is 12.1 Å². The molecule has 0 radical (unpaired) electrons. The van der Waals surface area contributed by atoms with Crippen LogP contribution in [0.2, 0.25) is 0 Å². The molecule has 0 saturated heterocycles. The molecule has 0 atom stereocenters. The number of benzene rings is 2. The lowest BCUT2D eigenvalue weighted by molar-refractivity contribution is 0.0978. The van der Waals surface area contributed by atoms with Gasteiger partial charge in [0.05, 0.1) is 12.8 Å². The van der Waals surface area contributed by atoms with Crippen molar-refractivity contribution in [2.75, 3.05) is 7.11 Å². The van der Waals surface area contributed by atoms with Gasteiger partial charge in [-0.2, -0.15) is 8.42 Å². The highest BCUT2D eigenvalue weighted by Crippen LogP contribution is 2.33. The second-order valence-electron chi connectivity index (χ2n) is 8.66. The van der Waals surface area contributed by atoms with E-state index in [0.29, 0.717) is 22.9 Å². The van der Waals surface area contributed by atoms with Gasteiger partial charge in [0.1, 0.15) is 17.1 Å². The van der Waals surface area contributed by atoms with Crippen molar-refractivity contribution in [2.45, 2.75) is 32.7 Å².